The fraction of sp³-hybridized carbons (Fsp3) is 0.273. The molecule has 15 heavy (non-hydrogen) atoms. The molecule has 3 N–H and O–H groups in total. The first-order valence-corrected chi connectivity index (χ1v) is 4.58. The molecular formula is C11H13NO3. The SMILES string of the molecule is CC(=O)C(CC(=O)O)c1ccc(N)cc1. The molecule has 1 atom stereocenters. The maximum atomic E-state index is 11.3. The monoisotopic (exact) mass is 207 g/mol. The average molecular weight is 207 g/mol. The summed E-state index contributed by atoms with van der Waals surface area (Å²) in [5.41, 5.74) is 6.79. The highest BCUT2D eigenvalue weighted by Crippen LogP contribution is 2.21. The van der Waals surface area contributed by atoms with Crippen molar-refractivity contribution >= 4 is 17.4 Å². The number of hydrogen-bond acceptors (Lipinski definition) is 3. The average Bonchev–Trinajstić information content (AvgIpc) is 2.15. The molecule has 1 rings (SSSR count). The Bertz CT molecular complexity index is 370. The van der Waals surface area contributed by atoms with Crippen molar-refractivity contribution in [3.05, 3.63) is 29.8 Å². The number of carbonyl (C=O) groups is 2. The highest BCUT2D eigenvalue weighted by Gasteiger charge is 2.19. The molecule has 0 aliphatic carbocycles. The van der Waals surface area contributed by atoms with Crippen molar-refractivity contribution in [3.63, 3.8) is 0 Å². The lowest BCUT2D eigenvalue weighted by Crippen LogP contribution is -2.13. The third-order valence-electron chi connectivity index (χ3n) is 2.21. The maximum Gasteiger partial charge on any atom is 0.304 e. The number of carbonyl (C=O) groups excluding carboxylic acids is 1. The second-order valence-corrected chi connectivity index (χ2v) is 3.43. The van der Waals surface area contributed by atoms with Gasteiger partial charge in [-0.25, -0.2) is 0 Å². The Kier molecular flexibility index (Phi) is 3.44. The molecule has 4 nitrogen and oxygen atoms in total. The molecule has 1 aromatic rings. The number of nitrogen functional groups attached to an aromatic ring is 1. The minimum atomic E-state index is -0.980. The zero-order valence-corrected chi connectivity index (χ0v) is 8.43. The van der Waals surface area contributed by atoms with Crippen LogP contribution < -0.4 is 5.73 Å². The van der Waals surface area contributed by atoms with Crippen molar-refractivity contribution in [1.29, 1.82) is 0 Å². The Labute approximate surface area is 87.7 Å². The summed E-state index contributed by atoms with van der Waals surface area (Å²) in [6, 6.07) is 6.69. The van der Waals surface area contributed by atoms with Crippen LogP contribution in [0.5, 0.6) is 0 Å². The number of nitrogens with two attached hydrogens (primary N) is 1. The van der Waals surface area contributed by atoms with Gasteiger partial charge in [0.2, 0.25) is 0 Å². The van der Waals surface area contributed by atoms with E-state index in [0.717, 1.165) is 0 Å². The number of rotatable bonds is 4. The molecule has 0 spiro atoms. The Morgan fingerprint density at radius 2 is 1.87 bits per heavy atom. The first-order chi connectivity index (χ1) is 7.00. The Balaban J connectivity index is 2.94. The summed E-state index contributed by atoms with van der Waals surface area (Å²) in [4.78, 5) is 21.8. The number of carboxylic acids is 1. The van der Waals surface area contributed by atoms with E-state index in [-0.39, 0.29) is 12.2 Å². The van der Waals surface area contributed by atoms with Crippen LogP contribution in [0.15, 0.2) is 24.3 Å². The predicted molar refractivity (Wildman–Crippen MR) is 56.5 cm³/mol. The van der Waals surface area contributed by atoms with Crippen LogP contribution in [0.4, 0.5) is 5.69 Å². The van der Waals surface area contributed by atoms with Crippen LogP contribution in [0, 0.1) is 0 Å². The summed E-state index contributed by atoms with van der Waals surface area (Å²) in [6.07, 6.45) is -0.181. The molecule has 0 aliphatic heterocycles. The largest absolute Gasteiger partial charge is 0.481 e. The summed E-state index contributed by atoms with van der Waals surface area (Å²) in [5.74, 6) is -1.71. The molecule has 0 saturated heterocycles. The number of ketones is 1. The highest BCUT2D eigenvalue weighted by atomic mass is 16.4. The minimum Gasteiger partial charge on any atom is -0.481 e. The van der Waals surface area contributed by atoms with Crippen LogP contribution in [-0.4, -0.2) is 16.9 Å². The van der Waals surface area contributed by atoms with Gasteiger partial charge in [-0.1, -0.05) is 12.1 Å². The van der Waals surface area contributed by atoms with Crippen molar-refractivity contribution in [2.75, 3.05) is 5.73 Å². The molecule has 0 aromatic heterocycles. The lowest BCUT2D eigenvalue weighted by molar-refractivity contribution is -0.139. The fourth-order valence-electron chi connectivity index (χ4n) is 1.40. The molecular weight excluding hydrogens is 194 g/mol. The topological polar surface area (TPSA) is 80.4 Å². The van der Waals surface area contributed by atoms with Crippen molar-refractivity contribution in [2.45, 2.75) is 19.3 Å². The number of carboxylic acid groups (broad SMARTS) is 1. The van der Waals surface area contributed by atoms with Crippen LogP contribution in [-0.2, 0) is 9.59 Å². The van der Waals surface area contributed by atoms with Crippen molar-refractivity contribution in [3.8, 4) is 0 Å². The van der Waals surface area contributed by atoms with Gasteiger partial charge in [-0.3, -0.25) is 9.59 Å². The summed E-state index contributed by atoms with van der Waals surface area (Å²) >= 11 is 0. The summed E-state index contributed by atoms with van der Waals surface area (Å²) in [7, 11) is 0. The number of anilines is 1. The third-order valence-corrected chi connectivity index (χ3v) is 2.21. The van der Waals surface area contributed by atoms with E-state index in [1.165, 1.54) is 6.92 Å². The third kappa shape index (κ3) is 3.09. The van der Waals surface area contributed by atoms with Crippen LogP contribution in [0.2, 0.25) is 0 Å². The molecule has 4 heteroatoms. The van der Waals surface area contributed by atoms with Gasteiger partial charge in [0.05, 0.1) is 12.3 Å². The van der Waals surface area contributed by atoms with Crippen LogP contribution in [0.1, 0.15) is 24.8 Å². The van der Waals surface area contributed by atoms with Gasteiger partial charge in [0.15, 0.2) is 0 Å². The van der Waals surface area contributed by atoms with Crippen LogP contribution in [0.25, 0.3) is 0 Å². The van der Waals surface area contributed by atoms with Crippen molar-refractivity contribution < 1.29 is 14.7 Å². The zero-order chi connectivity index (χ0) is 11.4. The van der Waals surface area contributed by atoms with Gasteiger partial charge in [-0.2, -0.15) is 0 Å². The Hall–Kier alpha value is -1.84. The van der Waals surface area contributed by atoms with Crippen molar-refractivity contribution in [2.24, 2.45) is 0 Å². The van der Waals surface area contributed by atoms with Gasteiger partial charge < -0.3 is 10.8 Å². The molecule has 0 amide bonds. The zero-order valence-electron chi connectivity index (χ0n) is 8.43. The molecule has 0 bridgehead atoms. The number of hydrogen-bond donors (Lipinski definition) is 2. The molecule has 0 saturated carbocycles. The second kappa shape index (κ2) is 4.59. The number of Topliss-reactive ketones (excluding diaryl/α,β-unsaturated/α-hetero) is 1. The summed E-state index contributed by atoms with van der Waals surface area (Å²) < 4.78 is 0. The van der Waals surface area contributed by atoms with Crippen LogP contribution >= 0.6 is 0 Å². The van der Waals surface area contributed by atoms with Crippen molar-refractivity contribution in [1.82, 2.24) is 0 Å². The van der Waals surface area contributed by atoms with Gasteiger partial charge in [0.25, 0.3) is 0 Å². The van der Waals surface area contributed by atoms with E-state index in [2.05, 4.69) is 0 Å². The van der Waals surface area contributed by atoms with Gasteiger partial charge in [0, 0.05) is 5.69 Å². The van der Waals surface area contributed by atoms with E-state index >= 15 is 0 Å². The molecule has 80 valence electrons. The lowest BCUT2D eigenvalue weighted by atomic mass is 9.92. The van der Waals surface area contributed by atoms with Gasteiger partial charge in [-0.15, -0.1) is 0 Å². The van der Waals surface area contributed by atoms with E-state index in [1.54, 1.807) is 24.3 Å². The molecule has 1 unspecified atom stereocenters. The smallest absolute Gasteiger partial charge is 0.304 e. The molecule has 0 aliphatic rings. The fourth-order valence-corrected chi connectivity index (χ4v) is 1.40. The van der Waals surface area contributed by atoms with Gasteiger partial charge in [0.1, 0.15) is 5.78 Å². The maximum absolute atomic E-state index is 11.3. The Morgan fingerprint density at radius 3 is 2.27 bits per heavy atom. The van der Waals surface area contributed by atoms with E-state index in [1.807, 2.05) is 0 Å². The van der Waals surface area contributed by atoms with E-state index in [4.69, 9.17) is 10.8 Å². The summed E-state index contributed by atoms with van der Waals surface area (Å²) in [6.45, 7) is 1.39. The van der Waals surface area contributed by atoms with E-state index in [9.17, 15) is 9.59 Å². The standard InChI is InChI=1S/C11H13NO3/c1-7(13)10(6-11(14)15)8-2-4-9(12)5-3-8/h2-5,10H,6,12H2,1H3,(H,14,15). The molecule has 1 aromatic carbocycles. The number of benzene rings is 1. The minimum absolute atomic E-state index is 0.151. The number of aliphatic carboxylic acids is 1. The first kappa shape index (κ1) is 11.2. The highest BCUT2D eigenvalue weighted by molar-refractivity contribution is 5.87. The quantitative estimate of drug-likeness (QED) is 0.731. The second-order valence-electron chi connectivity index (χ2n) is 3.43. The van der Waals surface area contributed by atoms with Gasteiger partial charge in [-0.05, 0) is 24.6 Å². The Morgan fingerprint density at radius 1 is 1.33 bits per heavy atom. The molecule has 0 heterocycles. The first-order valence-electron chi connectivity index (χ1n) is 4.58. The molecule has 0 radical (unpaired) electrons. The van der Waals surface area contributed by atoms with Crippen LogP contribution in [0.3, 0.4) is 0 Å². The predicted octanol–water partition coefficient (Wildman–Crippen LogP) is 1.42. The normalized spacial score (nSPS) is 12.1. The lowest BCUT2D eigenvalue weighted by Gasteiger charge is -2.11. The molecule has 0 fully saturated rings. The van der Waals surface area contributed by atoms with Gasteiger partial charge >= 0.3 is 5.97 Å². The van der Waals surface area contributed by atoms with E-state index < -0.39 is 11.9 Å². The van der Waals surface area contributed by atoms with E-state index in [0.29, 0.717) is 11.3 Å². The summed E-state index contributed by atoms with van der Waals surface area (Å²) in [5, 5.41) is 8.67.